The number of carbonyl (C=O) groups is 1. The highest BCUT2D eigenvalue weighted by Gasteiger charge is 2.46. The monoisotopic (exact) mass is 836 g/mol. The molecule has 16 heteroatoms. The molecule has 1 unspecified atom stereocenters. The molecule has 8 rings (SSSR count). The third kappa shape index (κ3) is 8.74. The first kappa shape index (κ1) is 41.7. The van der Waals surface area contributed by atoms with E-state index < -0.39 is 35.9 Å². The number of hydrogen-bond acceptors (Lipinski definition) is 10. The molecule has 4 aromatic rings. The van der Waals surface area contributed by atoms with Crippen LogP contribution in [0.4, 0.5) is 32.6 Å². The van der Waals surface area contributed by atoms with E-state index >= 15 is 8.78 Å². The number of likely N-dealkylation sites (tertiary alicyclic amines) is 1. The van der Waals surface area contributed by atoms with Gasteiger partial charge in [0.05, 0.1) is 23.3 Å². The molecular formula is C44H49F5N6O5. The molecule has 1 aliphatic carbocycles. The van der Waals surface area contributed by atoms with Gasteiger partial charge in [-0.1, -0.05) is 12.0 Å². The molecule has 0 N–H and O–H groups in total. The van der Waals surface area contributed by atoms with Gasteiger partial charge in [0.15, 0.2) is 12.6 Å². The standard InChI is InChI=1S/C44H49F5N6O5/c1-6-30-32(45)9-7-27-19-29(59-25-57-5)20-31(34(27)30)37-36(46)38-35-33(50-37)10-8-28-22-54(41(56)60-42(2,3)4)17-18-55(28)39(35)52-40(51-38)58-24-43(13-14-43)23-53-15-11-26(12-16-53)21-44(47,48)49/h1,7,9,19-20,26,28H,8,10-18,21-25H2,2-5H3. The number of rotatable bonds is 10. The van der Waals surface area contributed by atoms with Gasteiger partial charge in [0.2, 0.25) is 0 Å². The third-order valence-electron chi connectivity index (χ3n) is 12.0. The number of hydrogen-bond donors (Lipinski definition) is 0. The number of anilines is 1. The van der Waals surface area contributed by atoms with Crippen LogP contribution in [0.25, 0.3) is 32.9 Å². The fraction of sp³-hybridized carbons (Fsp3) is 0.545. The lowest BCUT2D eigenvalue weighted by atomic mass is 9.92. The van der Waals surface area contributed by atoms with Crippen LogP contribution in [-0.2, 0) is 15.9 Å². The van der Waals surface area contributed by atoms with Crippen LogP contribution in [0.15, 0.2) is 24.3 Å². The highest BCUT2D eigenvalue weighted by Crippen LogP contribution is 2.48. The number of aryl methyl sites for hydroxylation is 1. The molecule has 2 aromatic carbocycles. The number of amides is 1. The van der Waals surface area contributed by atoms with Crippen molar-refractivity contribution in [2.24, 2.45) is 11.3 Å². The Morgan fingerprint density at radius 1 is 0.983 bits per heavy atom. The Bertz CT molecular complexity index is 2330. The molecule has 2 aromatic heterocycles. The van der Waals surface area contributed by atoms with Gasteiger partial charge in [-0.15, -0.1) is 6.42 Å². The third-order valence-corrected chi connectivity index (χ3v) is 12.0. The summed E-state index contributed by atoms with van der Waals surface area (Å²) in [5.41, 5.74) is -0.392. The van der Waals surface area contributed by atoms with Gasteiger partial charge in [-0.05, 0) is 102 Å². The first-order valence-electron chi connectivity index (χ1n) is 20.5. The SMILES string of the molecule is C#Cc1c(F)ccc2cc(OCOC)cc(-c3nc4c5c(nc(OCC6(CN7CCC(CC(F)(F)F)CC7)CC6)nc5c3F)N3CCN(C(=O)OC(C)(C)C)CC3CC4)c12. The van der Waals surface area contributed by atoms with Crippen LogP contribution in [0.5, 0.6) is 11.8 Å². The summed E-state index contributed by atoms with van der Waals surface area (Å²) < 4.78 is 95.0. The Morgan fingerprint density at radius 3 is 2.43 bits per heavy atom. The van der Waals surface area contributed by atoms with Crippen molar-refractivity contribution in [1.82, 2.24) is 24.8 Å². The van der Waals surface area contributed by atoms with Gasteiger partial charge in [-0.25, -0.2) is 18.6 Å². The van der Waals surface area contributed by atoms with Crippen molar-refractivity contribution >= 4 is 33.6 Å². The van der Waals surface area contributed by atoms with E-state index in [4.69, 9.17) is 40.3 Å². The van der Waals surface area contributed by atoms with Crippen LogP contribution in [0.1, 0.15) is 70.6 Å². The zero-order chi connectivity index (χ0) is 42.6. The Balaban J connectivity index is 1.18. The minimum atomic E-state index is -4.17. The van der Waals surface area contributed by atoms with Gasteiger partial charge < -0.3 is 33.6 Å². The quantitative estimate of drug-likeness (QED) is 0.0882. The zero-order valence-electron chi connectivity index (χ0n) is 34.3. The summed E-state index contributed by atoms with van der Waals surface area (Å²) in [4.78, 5) is 33.8. The number of pyridine rings is 1. The van der Waals surface area contributed by atoms with E-state index in [2.05, 4.69) is 15.7 Å². The van der Waals surface area contributed by atoms with E-state index in [9.17, 15) is 18.0 Å². The first-order chi connectivity index (χ1) is 28.5. The van der Waals surface area contributed by atoms with Gasteiger partial charge in [-0.2, -0.15) is 23.1 Å². The molecule has 11 nitrogen and oxygen atoms in total. The lowest BCUT2D eigenvalue weighted by molar-refractivity contribution is -0.147. The van der Waals surface area contributed by atoms with Crippen LogP contribution in [0.3, 0.4) is 0 Å². The molecule has 5 heterocycles. The summed E-state index contributed by atoms with van der Waals surface area (Å²) in [6.07, 6.45) is 4.10. The smallest absolute Gasteiger partial charge is 0.410 e. The molecule has 3 aliphatic heterocycles. The molecule has 3 fully saturated rings. The molecule has 4 aliphatic rings. The number of ether oxygens (including phenoxy) is 4. The summed E-state index contributed by atoms with van der Waals surface area (Å²) >= 11 is 0. The fourth-order valence-corrected chi connectivity index (χ4v) is 8.86. The van der Waals surface area contributed by atoms with Crippen LogP contribution >= 0.6 is 0 Å². The number of nitrogens with zero attached hydrogens (tertiary/aromatic N) is 6. The number of alkyl halides is 3. The molecular weight excluding hydrogens is 788 g/mol. The normalized spacial score (nSPS) is 19.5. The summed E-state index contributed by atoms with van der Waals surface area (Å²) in [6.45, 7) is 8.45. The maximum absolute atomic E-state index is 17.5. The van der Waals surface area contributed by atoms with E-state index in [1.807, 2.05) is 20.8 Å². The second kappa shape index (κ2) is 16.1. The van der Waals surface area contributed by atoms with Gasteiger partial charge in [0.25, 0.3) is 0 Å². The van der Waals surface area contributed by atoms with Crippen LogP contribution in [-0.4, -0.2) is 108 Å². The van der Waals surface area contributed by atoms with Gasteiger partial charge in [-0.3, -0.25) is 0 Å². The Kier molecular flexibility index (Phi) is 11.2. The molecule has 1 atom stereocenters. The van der Waals surface area contributed by atoms with Crippen LogP contribution < -0.4 is 14.4 Å². The van der Waals surface area contributed by atoms with E-state index in [-0.39, 0.29) is 64.5 Å². The predicted octanol–water partition coefficient (Wildman–Crippen LogP) is 8.28. The minimum Gasteiger partial charge on any atom is -0.468 e. The van der Waals surface area contributed by atoms with E-state index in [0.29, 0.717) is 93.0 Å². The average molecular weight is 837 g/mol. The summed E-state index contributed by atoms with van der Waals surface area (Å²) in [7, 11) is 1.47. The molecule has 0 spiro atoms. The molecule has 2 saturated heterocycles. The van der Waals surface area contributed by atoms with E-state index in [1.165, 1.54) is 13.2 Å². The second-order valence-electron chi connectivity index (χ2n) is 17.6. The molecule has 0 bridgehead atoms. The van der Waals surface area contributed by atoms with Crippen molar-refractivity contribution in [3.05, 3.63) is 47.2 Å². The minimum absolute atomic E-state index is 0.0307. The van der Waals surface area contributed by atoms with Crippen molar-refractivity contribution < 1.29 is 45.7 Å². The number of benzene rings is 2. The van der Waals surface area contributed by atoms with Gasteiger partial charge in [0, 0.05) is 62.1 Å². The number of halogens is 5. The largest absolute Gasteiger partial charge is 0.468 e. The molecule has 60 heavy (non-hydrogen) atoms. The summed E-state index contributed by atoms with van der Waals surface area (Å²) in [6, 6.07) is 5.76. The Hall–Kier alpha value is -5.01. The average Bonchev–Trinajstić information content (AvgIpc) is 3.99. The second-order valence-corrected chi connectivity index (χ2v) is 17.6. The van der Waals surface area contributed by atoms with E-state index in [1.54, 1.807) is 23.1 Å². The van der Waals surface area contributed by atoms with Gasteiger partial charge in [0.1, 0.15) is 34.2 Å². The highest BCUT2D eigenvalue weighted by molar-refractivity contribution is 6.03. The van der Waals surface area contributed by atoms with Crippen LogP contribution in [0.2, 0.25) is 0 Å². The topological polar surface area (TPSA) is 102 Å². The number of carbonyl (C=O) groups excluding carboxylic acids is 1. The molecule has 1 saturated carbocycles. The lowest BCUT2D eigenvalue weighted by Crippen LogP contribution is -2.55. The highest BCUT2D eigenvalue weighted by atomic mass is 19.4. The summed E-state index contributed by atoms with van der Waals surface area (Å²) in [5.74, 6) is 1.39. The number of terminal acetylenes is 1. The van der Waals surface area contributed by atoms with Crippen molar-refractivity contribution in [2.45, 2.75) is 83.5 Å². The number of aromatic nitrogens is 3. The number of fused-ring (bicyclic) bond motifs is 3. The Labute approximate surface area is 345 Å². The van der Waals surface area contributed by atoms with Gasteiger partial charge >= 0.3 is 18.3 Å². The first-order valence-corrected chi connectivity index (χ1v) is 20.5. The number of piperazine rings is 1. The number of methoxy groups -OCH3 is 1. The van der Waals surface area contributed by atoms with Crippen LogP contribution in [0, 0.1) is 35.3 Å². The van der Waals surface area contributed by atoms with Crippen molar-refractivity contribution in [3.63, 3.8) is 0 Å². The molecule has 1 amide bonds. The Morgan fingerprint density at radius 2 is 1.75 bits per heavy atom. The van der Waals surface area contributed by atoms with Crippen molar-refractivity contribution in [2.75, 3.05) is 64.7 Å². The molecule has 320 valence electrons. The van der Waals surface area contributed by atoms with E-state index in [0.717, 1.165) is 12.8 Å². The fourth-order valence-electron chi connectivity index (χ4n) is 8.86. The van der Waals surface area contributed by atoms with Crippen molar-refractivity contribution in [1.29, 1.82) is 0 Å². The lowest BCUT2D eigenvalue weighted by Gasteiger charge is -2.41. The predicted molar refractivity (Wildman–Crippen MR) is 215 cm³/mol. The van der Waals surface area contributed by atoms with Crippen molar-refractivity contribution in [3.8, 4) is 35.4 Å². The summed E-state index contributed by atoms with van der Waals surface area (Å²) in [5, 5.41) is 1.20. The maximum Gasteiger partial charge on any atom is 0.410 e. The zero-order valence-corrected chi connectivity index (χ0v) is 34.3. The molecule has 0 radical (unpaired) electrons. The maximum atomic E-state index is 17.5. The number of piperidine rings is 1.